The first-order valence-electron chi connectivity index (χ1n) is 8.63. The van der Waals surface area contributed by atoms with Crippen LogP contribution in [0.2, 0.25) is 0 Å². The number of aliphatic hydroxyl groups is 1. The summed E-state index contributed by atoms with van der Waals surface area (Å²) in [6.07, 6.45) is 4.73. The third-order valence-electron chi connectivity index (χ3n) is 4.06. The molecule has 1 aromatic heterocycles. The van der Waals surface area contributed by atoms with Crippen molar-refractivity contribution in [2.24, 2.45) is 0 Å². The Morgan fingerprint density at radius 2 is 1.78 bits per heavy atom. The SMILES string of the molecule is C=CCn1c(-c2ccccc2)ncc(CN/C=C(\O)c2ccccc2)c1=O. The van der Waals surface area contributed by atoms with Gasteiger partial charge in [-0.3, -0.25) is 9.36 Å². The predicted octanol–water partition coefficient (Wildman–Crippen LogP) is 3.74. The summed E-state index contributed by atoms with van der Waals surface area (Å²) >= 11 is 0. The molecule has 0 amide bonds. The van der Waals surface area contributed by atoms with Gasteiger partial charge in [0.25, 0.3) is 5.56 Å². The molecule has 27 heavy (non-hydrogen) atoms. The first-order chi connectivity index (χ1) is 13.2. The number of benzene rings is 2. The van der Waals surface area contributed by atoms with Crippen LogP contribution in [0.1, 0.15) is 11.1 Å². The van der Waals surface area contributed by atoms with Crippen LogP contribution < -0.4 is 10.9 Å². The lowest BCUT2D eigenvalue weighted by Crippen LogP contribution is -2.28. The highest BCUT2D eigenvalue weighted by atomic mass is 16.3. The lowest BCUT2D eigenvalue weighted by atomic mass is 10.2. The summed E-state index contributed by atoms with van der Waals surface area (Å²) in [5.74, 6) is 0.711. The molecule has 5 nitrogen and oxygen atoms in total. The van der Waals surface area contributed by atoms with E-state index < -0.39 is 0 Å². The Bertz CT molecular complexity index is 993. The normalized spacial score (nSPS) is 11.2. The average Bonchev–Trinajstić information content (AvgIpc) is 2.72. The molecule has 0 atom stereocenters. The van der Waals surface area contributed by atoms with Crippen molar-refractivity contribution in [3.8, 4) is 11.4 Å². The van der Waals surface area contributed by atoms with Gasteiger partial charge in [0, 0.05) is 36.6 Å². The molecular weight excluding hydrogens is 338 g/mol. The number of aromatic nitrogens is 2. The van der Waals surface area contributed by atoms with Crippen LogP contribution in [0.4, 0.5) is 0 Å². The van der Waals surface area contributed by atoms with Crippen molar-refractivity contribution >= 4 is 5.76 Å². The summed E-state index contributed by atoms with van der Waals surface area (Å²) in [7, 11) is 0. The molecule has 136 valence electrons. The monoisotopic (exact) mass is 359 g/mol. The first-order valence-corrected chi connectivity index (χ1v) is 8.63. The predicted molar refractivity (Wildman–Crippen MR) is 108 cm³/mol. The number of allylic oxidation sites excluding steroid dienone is 1. The Labute approximate surface area is 158 Å². The summed E-state index contributed by atoms with van der Waals surface area (Å²) in [5, 5.41) is 13.1. The molecule has 0 aliphatic carbocycles. The fourth-order valence-electron chi connectivity index (χ4n) is 2.72. The van der Waals surface area contributed by atoms with E-state index in [1.807, 2.05) is 48.5 Å². The minimum Gasteiger partial charge on any atom is -0.506 e. The van der Waals surface area contributed by atoms with Gasteiger partial charge in [-0.05, 0) is 0 Å². The van der Waals surface area contributed by atoms with Gasteiger partial charge in [0.1, 0.15) is 11.6 Å². The molecule has 0 radical (unpaired) electrons. The van der Waals surface area contributed by atoms with Crippen molar-refractivity contribution in [3.63, 3.8) is 0 Å². The van der Waals surface area contributed by atoms with E-state index in [-0.39, 0.29) is 17.9 Å². The summed E-state index contributed by atoms with van der Waals surface area (Å²) < 4.78 is 1.60. The van der Waals surface area contributed by atoms with E-state index in [0.717, 1.165) is 5.56 Å². The number of hydrogen-bond donors (Lipinski definition) is 2. The fourth-order valence-corrected chi connectivity index (χ4v) is 2.72. The van der Waals surface area contributed by atoms with Gasteiger partial charge in [0.2, 0.25) is 0 Å². The molecule has 1 heterocycles. The number of aliphatic hydroxyl groups excluding tert-OH is 1. The molecule has 0 unspecified atom stereocenters. The topological polar surface area (TPSA) is 67.2 Å². The zero-order valence-electron chi connectivity index (χ0n) is 14.9. The molecule has 0 aliphatic rings. The zero-order valence-corrected chi connectivity index (χ0v) is 14.9. The van der Waals surface area contributed by atoms with E-state index in [0.29, 0.717) is 23.5 Å². The quantitative estimate of drug-likeness (QED) is 0.498. The van der Waals surface area contributed by atoms with Gasteiger partial charge < -0.3 is 10.4 Å². The van der Waals surface area contributed by atoms with Crippen LogP contribution in [0.3, 0.4) is 0 Å². The molecule has 2 aromatic carbocycles. The van der Waals surface area contributed by atoms with E-state index in [1.54, 1.807) is 29.0 Å². The second kappa shape index (κ2) is 8.67. The summed E-state index contributed by atoms with van der Waals surface area (Å²) in [6, 6.07) is 18.8. The van der Waals surface area contributed by atoms with Crippen LogP contribution in [0.15, 0.2) is 90.5 Å². The van der Waals surface area contributed by atoms with Crippen molar-refractivity contribution < 1.29 is 5.11 Å². The molecule has 5 heteroatoms. The largest absolute Gasteiger partial charge is 0.506 e. The summed E-state index contributed by atoms with van der Waals surface area (Å²) in [5.41, 5.74) is 1.95. The molecular formula is C22H21N3O2. The number of rotatable bonds is 7. The van der Waals surface area contributed by atoms with Crippen LogP contribution in [0.25, 0.3) is 17.1 Å². The third-order valence-corrected chi connectivity index (χ3v) is 4.06. The van der Waals surface area contributed by atoms with Crippen LogP contribution in [0.5, 0.6) is 0 Å². The van der Waals surface area contributed by atoms with E-state index in [9.17, 15) is 9.90 Å². The minimum absolute atomic E-state index is 0.107. The number of nitrogens with zero attached hydrogens (tertiary/aromatic N) is 2. The zero-order chi connectivity index (χ0) is 19.1. The highest BCUT2D eigenvalue weighted by Crippen LogP contribution is 2.15. The van der Waals surface area contributed by atoms with Crippen molar-refractivity contribution in [1.82, 2.24) is 14.9 Å². The van der Waals surface area contributed by atoms with Crippen LogP contribution in [-0.4, -0.2) is 14.7 Å². The van der Waals surface area contributed by atoms with Gasteiger partial charge in [0.05, 0.1) is 5.56 Å². The Morgan fingerprint density at radius 3 is 2.44 bits per heavy atom. The Morgan fingerprint density at radius 1 is 1.11 bits per heavy atom. The van der Waals surface area contributed by atoms with Gasteiger partial charge in [-0.15, -0.1) is 6.58 Å². The van der Waals surface area contributed by atoms with Crippen molar-refractivity contribution in [2.75, 3.05) is 0 Å². The van der Waals surface area contributed by atoms with Gasteiger partial charge >= 0.3 is 0 Å². The van der Waals surface area contributed by atoms with Crippen LogP contribution in [-0.2, 0) is 13.1 Å². The highest BCUT2D eigenvalue weighted by Gasteiger charge is 2.11. The van der Waals surface area contributed by atoms with Crippen molar-refractivity contribution in [2.45, 2.75) is 13.1 Å². The molecule has 3 rings (SSSR count). The van der Waals surface area contributed by atoms with Gasteiger partial charge in [-0.1, -0.05) is 66.7 Å². The van der Waals surface area contributed by atoms with Crippen molar-refractivity contribution in [1.29, 1.82) is 0 Å². The summed E-state index contributed by atoms with van der Waals surface area (Å²) in [6.45, 7) is 4.36. The number of hydrogen-bond acceptors (Lipinski definition) is 4. The second-order valence-electron chi connectivity index (χ2n) is 5.95. The van der Waals surface area contributed by atoms with Crippen LogP contribution in [0, 0.1) is 0 Å². The molecule has 0 bridgehead atoms. The maximum absolute atomic E-state index is 12.9. The smallest absolute Gasteiger partial charge is 0.259 e. The average molecular weight is 359 g/mol. The molecule has 0 fully saturated rings. The summed E-state index contributed by atoms with van der Waals surface area (Å²) in [4.78, 5) is 17.3. The minimum atomic E-state index is -0.135. The molecule has 3 aromatic rings. The molecule has 0 aliphatic heterocycles. The lowest BCUT2D eigenvalue weighted by molar-refractivity contribution is 0.507. The van der Waals surface area contributed by atoms with Gasteiger partial charge in [-0.2, -0.15) is 0 Å². The van der Waals surface area contributed by atoms with Crippen LogP contribution >= 0.6 is 0 Å². The molecule has 0 saturated carbocycles. The Balaban J connectivity index is 1.83. The third kappa shape index (κ3) is 4.33. The van der Waals surface area contributed by atoms with E-state index in [4.69, 9.17) is 0 Å². The van der Waals surface area contributed by atoms with E-state index in [2.05, 4.69) is 16.9 Å². The van der Waals surface area contributed by atoms with E-state index in [1.165, 1.54) is 6.20 Å². The Kier molecular flexibility index (Phi) is 5.84. The standard InChI is InChI=1S/C22H21N3O2/c1-2-13-25-21(18-11-7-4-8-12-18)24-15-19(22(25)27)14-23-16-20(26)17-9-5-3-6-10-17/h2-12,15-16,23,26H,1,13-14H2/b20-16-. The first kappa shape index (κ1) is 18.2. The van der Waals surface area contributed by atoms with E-state index >= 15 is 0 Å². The van der Waals surface area contributed by atoms with Crippen molar-refractivity contribution in [3.05, 3.63) is 107 Å². The van der Waals surface area contributed by atoms with Gasteiger partial charge in [0.15, 0.2) is 0 Å². The molecule has 2 N–H and O–H groups in total. The fraction of sp³-hybridized carbons (Fsp3) is 0.0909. The molecule has 0 saturated heterocycles. The van der Waals surface area contributed by atoms with Gasteiger partial charge in [-0.25, -0.2) is 4.98 Å². The Hall–Kier alpha value is -3.60. The maximum atomic E-state index is 12.9. The number of nitrogens with one attached hydrogen (secondary N) is 1. The molecule has 0 spiro atoms. The highest BCUT2D eigenvalue weighted by molar-refractivity contribution is 5.57. The second-order valence-corrected chi connectivity index (χ2v) is 5.95. The lowest BCUT2D eigenvalue weighted by Gasteiger charge is -2.12. The maximum Gasteiger partial charge on any atom is 0.259 e.